The third-order valence-electron chi connectivity index (χ3n) is 2.49. The molecule has 0 atom stereocenters. The SMILES string of the molecule is Nc1ccc(Nc2cnn(CCO)c(=O)c2Br)cc1. The molecule has 1 aromatic carbocycles. The highest BCUT2D eigenvalue weighted by Crippen LogP contribution is 2.22. The van der Waals surface area contributed by atoms with E-state index < -0.39 is 0 Å². The van der Waals surface area contributed by atoms with E-state index in [0.29, 0.717) is 15.8 Å². The summed E-state index contributed by atoms with van der Waals surface area (Å²) in [5.74, 6) is 0. The molecule has 0 saturated heterocycles. The first-order valence-electron chi connectivity index (χ1n) is 5.61. The van der Waals surface area contributed by atoms with Crippen LogP contribution < -0.4 is 16.6 Å². The number of hydrogen-bond donors (Lipinski definition) is 3. The molecule has 1 heterocycles. The van der Waals surface area contributed by atoms with Gasteiger partial charge in [0, 0.05) is 11.4 Å². The molecule has 2 rings (SSSR count). The molecule has 0 aliphatic carbocycles. The lowest BCUT2D eigenvalue weighted by atomic mass is 10.3. The lowest BCUT2D eigenvalue weighted by Crippen LogP contribution is -2.25. The third-order valence-corrected chi connectivity index (χ3v) is 3.25. The van der Waals surface area contributed by atoms with Crippen molar-refractivity contribution in [2.24, 2.45) is 0 Å². The molecule has 4 N–H and O–H groups in total. The van der Waals surface area contributed by atoms with Gasteiger partial charge in [-0.3, -0.25) is 4.79 Å². The topological polar surface area (TPSA) is 93.2 Å². The Morgan fingerprint density at radius 1 is 1.37 bits per heavy atom. The summed E-state index contributed by atoms with van der Waals surface area (Å²) in [7, 11) is 0. The van der Waals surface area contributed by atoms with Crippen molar-refractivity contribution in [1.29, 1.82) is 0 Å². The van der Waals surface area contributed by atoms with E-state index in [-0.39, 0.29) is 18.7 Å². The van der Waals surface area contributed by atoms with Gasteiger partial charge in [-0.15, -0.1) is 0 Å². The molecule has 0 spiro atoms. The lowest BCUT2D eigenvalue weighted by Gasteiger charge is -2.10. The van der Waals surface area contributed by atoms with E-state index in [4.69, 9.17) is 10.8 Å². The molecule has 0 amide bonds. The zero-order valence-electron chi connectivity index (χ0n) is 10.0. The maximum Gasteiger partial charge on any atom is 0.283 e. The van der Waals surface area contributed by atoms with E-state index in [0.717, 1.165) is 5.69 Å². The Bertz CT molecular complexity index is 625. The van der Waals surface area contributed by atoms with Crippen LogP contribution in [0.2, 0.25) is 0 Å². The Kier molecular flexibility index (Phi) is 4.18. The number of hydrogen-bond acceptors (Lipinski definition) is 5. The Hall–Kier alpha value is -1.86. The molecule has 2 aromatic rings. The molecule has 0 saturated carbocycles. The van der Waals surface area contributed by atoms with Crippen LogP contribution in [0, 0.1) is 0 Å². The number of benzene rings is 1. The minimum atomic E-state index is -0.297. The van der Waals surface area contributed by atoms with E-state index in [1.54, 1.807) is 24.3 Å². The van der Waals surface area contributed by atoms with E-state index in [2.05, 4.69) is 26.3 Å². The first-order chi connectivity index (χ1) is 9.11. The number of rotatable bonds is 4. The minimum absolute atomic E-state index is 0.135. The second kappa shape index (κ2) is 5.85. The molecule has 0 bridgehead atoms. The average Bonchev–Trinajstić information content (AvgIpc) is 2.41. The molecule has 0 radical (unpaired) electrons. The van der Waals surface area contributed by atoms with Gasteiger partial charge in [0.15, 0.2) is 0 Å². The van der Waals surface area contributed by atoms with Crippen molar-refractivity contribution in [1.82, 2.24) is 9.78 Å². The van der Waals surface area contributed by atoms with Crippen molar-refractivity contribution in [2.75, 3.05) is 17.7 Å². The molecular formula is C12H13BrN4O2. The summed E-state index contributed by atoms with van der Waals surface area (Å²) in [4.78, 5) is 11.9. The number of halogens is 1. The number of nitrogen functional groups attached to an aromatic ring is 1. The van der Waals surface area contributed by atoms with Crippen LogP contribution in [0.4, 0.5) is 17.1 Å². The molecule has 0 aliphatic rings. The fourth-order valence-corrected chi connectivity index (χ4v) is 1.93. The highest BCUT2D eigenvalue weighted by Gasteiger charge is 2.08. The summed E-state index contributed by atoms with van der Waals surface area (Å²) >= 11 is 3.23. The van der Waals surface area contributed by atoms with Crippen molar-refractivity contribution in [3.8, 4) is 0 Å². The van der Waals surface area contributed by atoms with Crippen LogP contribution in [-0.2, 0) is 6.54 Å². The molecule has 0 fully saturated rings. The molecule has 0 aliphatic heterocycles. The van der Waals surface area contributed by atoms with Gasteiger partial charge >= 0.3 is 0 Å². The Morgan fingerprint density at radius 2 is 2.05 bits per heavy atom. The van der Waals surface area contributed by atoms with Gasteiger partial charge < -0.3 is 16.2 Å². The van der Waals surface area contributed by atoms with Gasteiger partial charge in [0.25, 0.3) is 5.56 Å². The molecule has 6 nitrogen and oxygen atoms in total. The van der Waals surface area contributed by atoms with Crippen LogP contribution in [0.25, 0.3) is 0 Å². The monoisotopic (exact) mass is 324 g/mol. The normalized spacial score (nSPS) is 10.4. The average molecular weight is 325 g/mol. The lowest BCUT2D eigenvalue weighted by molar-refractivity contribution is 0.266. The molecule has 100 valence electrons. The quantitative estimate of drug-likeness (QED) is 0.737. The van der Waals surface area contributed by atoms with Crippen molar-refractivity contribution < 1.29 is 5.11 Å². The molecule has 19 heavy (non-hydrogen) atoms. The highest BCUT2D eigenvalue weighted by atomic mass is 79.9. The largest absolute Gasteiger partial charge is 0.399 e. The summed E-state index contributed by atoms with van der Waals surface area (Å²) < 4.78 is 1.56. The van der Waals surface area contributed by atoms with Crippen LogP contribution in [0.3, 0.4) is 0 Å². The zero-order chi connectivity index (χ0) is 13.8. The predicted octanol–water partition coefficient (Wildman–Crippen LogP) is 1.32. The van der Waals surface area contributed by atoms with Crippen LogP contribution >= 0.6 is 15.9 Å². The van der Waals surface area contributed by atoms with Crippen LogP contribution in [-0.4, -0.2) is 21.5 Å². The summed E-state index contributed by atoms with van der Waals surface area (Å²) in [6.45, 7) is 0.0314. The molecule has 1 aromatic heterocycles. The van der Waals surface area contributed by atoms with Crippen LogP contribution in [0.15, 0.2) is 39.7 Å². The standard InChI is InChI=1S/C12H13BrN4O2/c13-11-10(7-15-17(5-6-18)12(11)19)16-9-3-1-8(14)2-4-9/h1-4,7,16,18H,5-6,14H2. The second-order valence-electron chi connectivity index (χ2n) is 3.87. The van der Waals surface area contributed by atoms with Crippen molar-refractivity contribution in [3.05, 3.63) is 45.3 Å². The number of nitrogens with zero attached hydrogens (tertiary/aromatic N) is 2. The van der Waals surface area contributed by atoms with Crippen LogP contribution in [0.1, 0.15) is 0 Å². The number of aliphatic hydroxyl groups excluding tert-OH is 1. The smallest absolute Gasteiger partial charge is 0.283 e. The molecule has 0 unspecified atom stereocenters. The predicted molar refractivity (Wildman–Crippen MR) is 77.4 cm³/mol. The molecule has 7 heteroatoms. The van der Waals surface area contributed by atoms with Gasteiger partial charge in [0.1, 0.15) is 4.47 Å². The van der Waals surface area contributed by atoms with E-state index >= 15 is 0 Å². The summed E-state index contributed by atoms with van der Waals surface area (Å²) in [5, 5.41) is 15.9. The zero-order valence-corrected chi connectivity index (χ0v) is 11.6. The molecular weight excluding hydrogens is 312 g/mol. The fourth-order valence-electron chi connectivity index (χ4n) is 1.53. The van der Waals surface area contributed by atoms with Crippen molar-refractivity contribution in [2.45, 2.75) is 6.54 Å². The van der Waals surface area contributed by atoms with Gasteiger partial charge in [-0.1, -0.05) is 0 Å². The first kappa shape index (κ1) is 13.6. The van der Waals surface area contributed by atoms with Crippen molar-refractivity contribution >= 4 is 33.0 Å². The fraction of sp³-hybridized carbons (Fsp3) is 0.167. The highest BCUT2D eigenvalue weighted by molar-refractivity contribution is 9.10. The minimum Gasteiger partial charge on any atom is -0.399 e. The van der Waals surface area contributed by atoms with Gasteiger partial charge in [0.2, 0.25) is 0 Å². The Morgan fingerprint density at radius 3 is 2.68 bits per heavy atom. The summed E-state index contributed by atoms with van der Waals surface area (Å²) in [5.41, 5.74) is 7.33. The number of anilines is 3. The van der Waals surface area contributed by atoms with E-state index in [9.17, 15) is 4.79 Å². The second-order valence-corrected chi connectivity index (χ2v) is 4.66. The van der Waals surface area contributed by atoms with Gasteiger partial charge in [0.05, 0.1) is 25.0 Å². The van der Waals surface area contributed by atoms with Gasteiger partial charge in [-0.2, -0.15) is 5.10 Å². The van der Waals surface area contributed by atoms with Crippen LogP contribution in [0.5, 0.6) is 0 Å². The maximum atomic E-state index is 11.9. The van der Waals surface area contributed by atoms with Gasteiger partial charge in [-0.05, 0) is 40.2 Å². The number of aliphatic hydroxyl groups is 1. The van der Waals surface area contributed by atoms with E-state index in [1.165, 1.54) is 10.9 Å². The number of nitrogens with one attached hydrogen (secondary N) is 1. The van der Waals surface area contributed by atoms with Gasteiger partial charge in [-0.25, -0.2) is 4.68 Å². The Labute approximate surface area is 118 Å². The summed E-state index contributed by atoms with van der Waals surface area (Å²) in [6.07, 6.45) is 1.53. The summed E-state index contributed by atoms with van der Waals surface area (Å²) in [6, 6.07) is 7.13. The third kappa shape index (κ3) is 3.12. The maximum absolute atomic E-state index is 11.9. The van der Waals surface area contributed by atoms with Crippen molar-refractivity contribution in [3.63, 3.8) is 0 Å². The van der Waals surface area contributed by atoms with E-state index in [1.807, 2.05) is 0 Å². The Balaban J connectivity index is 2.29. The first-order valence-corrected chi connectivity index (χ1v) is 6.40. The number of aromatic nitrogens is 2. The number of nitrogens with two attached hydrogens (primary N) is 1.